The zero-order chi connectivity index (χ0) is 14.8. The highest BCUT2D eigenvalue weighted by Gasteiger charge is 2.22. The molecule has 1 aliphatic rings. The molecule has 0 aromatic heterocycles. The van der Waals surface area contributed by atoms with Gasteiger partial charge in [0.15, 0.2) is 0 Å². The molecule has 2 rings (SSSR count). The first-order valence-electron chi connectivity index (χ1n) is 6.51. The first kappa shape index (κ1) is 15.8. The van der Waals surface area contributed by atoms with Gasteiger partial charge in [-0.3, -0.25) is 0 Å². The molecule has 7 heteroatoms. The second-order valence-electron chi connectivity index (χ2n) is 4.89. The number of nitrogens with one attached hydrogen (secondary N) is 2. The Morgan fingerprint density at radius 2 is 2.20 bits per heavy atom. The van der Waals surface area contributed by atoms with Crippen LogP contribution in [-0.4, -0.2) is 33.9 Å². The van der Waals surface area contributed by atoms with Crippen LogP contribution in [0.5, 0.6) is 5.75 Å². The van der Waals surface area contributed by atoms with Crippen molar-refractivity contribution in [3.63, 3.8) is 0 Å². The normalized spacial score (nSPS) is 15.8. The number of benzene rings is 1. The Kier molecular flexibility index (Phi) is 5.06. The molecule has 1 unspecified atom stereocenters. The fourth-order valence-electron chi connectivity index (χ4n) is 2.20. The van der Waals surface area contributed by atoms with Crippen molar-refractivity contribution in [3.05, 3.63) is 27.7 Å². The number of rotatable bonds is 6. The smallest absolute Gasteiger partial charge is 0.215 e. The summed E-state index contributed by atoms with van der Waals surface area (Å²) in [5, 5.41) is 2.39. The lowest BCUT2D eigenvalue weighted by Gasteiger charge is -2.15. The molecule has 0 radical (unpaired) electrons. The number of halogens is 1. The molecule has 1 aromatic carbocycles. The Labute approximate surface area is 128 Å². The van der Waals surface area contributed by atoms with Gasteiger partial charge < -0.3 is 10.1 Å². The maximum absolute atomic E-state index is 12.1. The summed E-state index contributed by atoms with van der Waals surface area (Å²) >= 11 is 3.45. The molecular weight excluding hydrogens is 344 g/mol. The zero-order valence-corrected chi connectivity index (χ0v) is 14.0. The van der Waals surface area contributed by atoms with E-state index in [1.807, 2.05) is 12.1 Å². The minimum atomic E-state index is -3.33. The Bertz CT molecular complexity index is 590. The lowest BCUT2D eigenvalue weighted by Crippen LogP contribution is -2.37. The van der Waals surface area contributed by atoms with Gasteiger partial charge in [-0.05, 0) is 31.7 Å². The topological polar surface area (TPSA) is 67.4 Å². The van der Waals surface area contributed by atoms with Crippen LogP contribution in [0.3, 0.4) is 0 Å². The predicted molar refractivity (Wildman–Crippen MR) is 82.5 cm³/mol. The van der Waals surface area contributed by atoms with Crippen molar-refractivity contribution < 1.29 is 13.2 Å². The average molecular weight is 363 g/mol. The number of hydrogen-bond acceptors (Lipinski definition) is 4. The second kappa shape index (κ2) is 6.43. The van der Waals surface area contributed by atoms with Gasteiger partial charge in [0.2, 0.25) is 10.0 Å². The van der Waals surface area contributed by atoms with E-state index in [-0.39, 0.29) is 6.54 Å². The molecule has 0 fully saturated rings. The quantitative estimate of drug-likeness (QED) is 0.802. The SMILES string of the molecule is CNCC(C)S(=O)(=O)NCc1cc(Br)cc2c1OCC2. The first-order valence-corrected chi connectivity index (χ1v) is 8.85. The molecule has 1 atom stereocenters. The van der Waals surface area contributed by atoms with Crippen LogP contribution in [0.15, 0.2) is 16.6 Å². The lowest BCUT2D eigenvalue weighted by atomic mass is 10.1. The minimum absolute atomic E-state index is 0.248. The van der Waals surface area contributed by atoms with Crippen molar-refractivity contribution in [3.8, 4) is 5.75 Å². The molecule has 0 saturated heterocycles. The van der Waals surface area contributed by atoms with Crippen molar-refractivity contribution in [2.45, 2.75) is 25.1 Å². The summed E-state index contributed by atoms with van der Waals surface area (Å²) in [6.45, 7) is 3.00. The third-order valence-electron chi connectivity index (χ3n) is 3.31. The van der Waals surface area contributed by atoms with Crippen LogP contribution in [0.1, 0.15) is 18.1 Å². The first-order chi connectivity index (χ1) is 9.44. The fraction of sp³-hybridized carbons (Fsp3) is 0.538. The molecule has 0 spiro atoms. The van der Waals surface area contributed by atoms with Crippen LogP contribution < -0.4 is 14.8 Å². The van der Waals surface area contributed by atoms with Crippen LogP contribution in [-0.2, 0) is 23.0 Å². The van der Waals surface area contributed by atoms with E-state index < -0.39 is 15.3 Å². The van der Waals surface area contributed by atoms with Gasteiger partial charge >= 0.3 is 0 Å². The van der Waals surface area contributed by atoms with E-state index in [1.54, 1.807) is 14.0 Å². The largest absolute Gasteiger partial charge is 0.493 e. The van der Waals surface area contributed by atoms with Crippen molar-refractivity contribution in [1.82, 2.24) is 10.0 Å². The molecule has 0 amide bonds. The van der Waals surface area contributed by atoms with Gasteiger partial charge in [-0.15, -0.1) is 0 Å². The second-order valence-corrected chi connectivity index (χ2v) is 7.99. The molecule has 1 aliphatic heterocycles. The summed E-state index contributed by atoms with van der Waals surface area (Å²) in [6.07, 6.45) is 0.866. The maximum atomic E-state index is 12.1. The molecule has 2 N–H and O–H groups in total. The van der Waals surface area contributed by atoms with Crippen LogP contribution in [0.4, 0.5) is 0 Å². The summed E-state index contributed by atoms with van der Waals surface area (Å²) in [7, 11) is -1.60. The maximum Gasteiger partial charge on any atom is 0.215 e. The third kappa shape index (κ3) is 3.52. The van der Waals surface area contributed by atoms with E-state index in [0.717, 1.165) is 27.8 Å². The highest BCUT2D eigenvalue weighted by atomic mass is 79.9. The van der Waals surface area contributed by atoms with Crippen LogP contribution in [0.25, 0.3) is 0 Å². The molecule has 112 valence electrons. The van der Waals surface area contributed by atoms with Crippen molar-refractivity contribution >= 4 is 26.0 Å². The fourth-order valence-corrected chi connectivity index (χ4v) is 3.78. The molecule has 0 aliphatic carbocycles. The summed E-state index contributed by atoms with van der Waals surface area (Å²) in [5.74, 6) is 0.817. The van der Waals surface area contributed by atoms with Crippen LogP contribution >= 0.6 is 15.9 Å². The molecule has 20 heavy (non-hydrogen) atoms. The number of sulfonamides is 1. The molecule has 5 nitrogen and oxygen atoms in total. The van der Waals surface area contributed by atoms with Gasteiger partial charge in [-0.1, -0.05) is 15.9 Å². The molecule has 1 aromatic rings. The van der Waals surface area contributed by atoms with E-state index in [0.29, 0.717) is 13.2 Å². The standard InChI is InChI=1S/C13H19BrN2O3S/c1-9(7-15-2)20(17,18)16-8-11-6-12(14)5-10-3-4-19-13(10)11/h5-6,9,15-16H,3-4,7-8H2,1-2H3. The van der Waals surface area contributed by atoms with E-state index in [4.69, 9.17) is 4.74 Å². The van der Waals surface area contributed by atoms with Gasteiger partial charge in [0.1, 0.15) is 5.75 Å². The Morgan fingerprint density at radius 1 is 1.45 bits per heavy atom. The number of fused-ring (bicyclic) bond motifs is 1. The van der Waals surface area contributed by atoms with Crippen LogP contribution in [0.2, 0.25) is 0 Å². The van der Waals surface area contributed by atoms with Gasteiger partial charge in [-0.25, -0.2) is 13.1 Å². The average Bonchev–Trinajstić information content (AvgIpc) is 2.84. The van der Waals surface area contributed by atoms with Crippen molar-refractivity contribution in [2.75, 3.05) is 20.2 Å². The van der Waals surface area contributed by atoms with E-state index >= 15 is 0 Å². The predicted octanol–water partition coefficient (Wildman–Crippen LogP) is 1.41. The summed E-state index contributed by atoms with van der Waals surface area (Å²) < 4.78 is 33.3. The lowest BCUT2D eigenvalue weighted by molar-refractivity contribution is 0.353. The van der Waals surface area contributed by atoms with E-state index in [9.17, 15) is 8.42 Å². The Hall–Kier alpha value is -0.630. The molecule has 1 heterocycles. The molecule has 0 saturated carbocycles. The number of ether oxygens (including phenoxy) is 1. The highest BCUT2D eigenvalue weighted by Crippen LogP contribution is 2.33. The number of hydrogen-bond donors (Lipinski definition) is 2. The van der Waals surface area contributed by atoms with Crippen LogP contribution in [0, 0.1) is 0 Å². The summed E-state index contributed by atoms with van der Waals surface area (Å²) in [4.78, 5) is 0. The minimum Gasteiger partial charge on any atom is -0.493 e. The van der Waals surface area contributed by atoms with Gasteiger partial charge in [-0.2, -0.15) is 0 Å². The highest BCUT2D eigenvalue weighted by molar-refractivity contribution is 9.10. The van der Waals surface area contributed by atoms with Crippen molar-refractivity contribution in [2.24, 2.45) is 0 Å². The summed E-state index contributed by atoms with van der Waals surface area (Å²) in [6, 6.07) is 3.92. The molecule has 0 bridgehead atoms. The monoisotopic (exact) mass is 362 g/mol. The van der Waals surface area contributed by atoms with Crippen molar-refractivity contribution in [1.29, 1.82) is 0 Å². The van der Waals surface area contributed by atoms with E-state index in [2.05, 4.69) is 26.0 Å². The van der Waals surface area contributed by atoms with Gasteiger partial charge in [0, 0.05) is 29.5 Å². The third-order valence-corrected chi connectivity index (χ3v) is 5.54. The zero-order valence-electron chi connectivity index (χ0n) is 11.6. The Morgan fingerprint density at radius 3 is 2.90 bits per heavy atom. The molecular formula is C13H19BrN2O3S. The van der Waals surface area contributed by atoms with Gasteiger partial charge in [0.25, 0.3) is 0 Å². The Balaban J connectivity index is 2.12. The van der Waals surface area contributed by atoms with Gasteiger partial charge in [0.05, 0.1) is 11.9 Å². The summed E-state index contributed by atoms with van der Waals surface area (Å²) in [5.41, 5.74) is 1.99. The van der Waals surface area contributed by atoms with E-state index in [1.165, 1.54) is 0 Å².